The number of imide groups is 1. The molecule has 1 saturated carbocycles. The van der Waals surface area contributed by atoms with E-state index in [1.54, 1.807) is 36.4 Å². The van der Waals surface area contributed by atoms with Gasteiger partial charge in [-0.2, -0.15) is 0 Å². The molecule has 1 N–H and O–H groups in total. The Labute approximate surface area is 182 Å². The number of amides is 2. The van der Waals surface area contributed by atoms with Crippen LogP contribution in [-0.2, 0) is 16.4 Å². The average molecular weight is 442 g/mol. The number of sulfonamides is 1. The molecule has 3 unspecified atom stereocenters. The van der Waals surface area contributed by atoms with Gasteiger partial charge in [0, 0.05) is 18.8 Å². The Hall–Kier alpha value is -2.58. The van der Waals surface area contributed by atoms with E-state index in [1.165, 1.54) is 11.1 Å². The summed E-state index contributed by atoms with van der Waals surface area (Å²) in [5.74, 6) is 0.0743. The molecule has 1 fully saturated rings. The van der Waals surface area contributed by atoms with Gasteiger partial charge in [-0.05, 0) is 54.5 Å². The summed E-state index contributed by atoms with van der Waals surface area (Å²) in [5, 5.41) is 0. The Balaban J connectivity index is 1.39. The summed E-state index contributed by atoms with van der Waals surface area (Å²) in [5.41, 5.74) is 1.36. The summed E-state index contributed by atoms with van der Waals surface area (Å²) in [6.45, 7) is 4.50. The fraction of sp³-hybridized carbons (Fsp3) is 0.435. The summed E-state index contributed by atoms with van der Waals surface area (Å²) < 4.78 is 28.5. The van der Waals surface area contributed by atoms with Gasteiger partial charge in [0.05, 0.1) is 10.5 Å². The third kappa shape index (κ3) is 4.27. The van der Waals surface area contributed by atoms with Crippen molar-refractivity contribution in [3.63, 3.8) is 0 Å². The van der Waals surface area contributed by atoms with E-state index in [-0.39, 0.29) is 35.0 Å². The molecule has 1 aliphatic heterocycles. The highest BCUT2D eigenvalue weighted by Crippen LogP contribution is 2.30. The van der Waals surface area contributed by atoms with Gasteiger partial charge in [-0.25, -0.2) is 13.1 Å². The third-order valence-corrected chi connectivity index (χ3v) is 8.11. The molecule has 4 rings (SSSR count). The van der Waals surface area contributed by atoms with Crippen LogP contribution < -0.4 is 4.72 Å². The normalized spacial score (nSPS) is 23.8. The Morgan fingerprint density at radius 1 is 1.06 bits per heavy atom. The summed E-state index contributed by atoms with van der Waals surface area (Å²) in [6, 6.07) is 9.82. The summed E-state index contributed by atoms with van der Waals surface area (Å²) in [6.07, 6.45) is 4.96. The van der Waals surface area contributed by atoms with E-state index >= 15 is 0 Å². The van der Waals surface area contributed by atoms with Gasteiger partial charge in [0.2, 0.25) is 10.0 Å². The zero-order chi connectivity index (χ0) is 22.2. The number of hydrogen-bond donors (Lipinski definition) is 1. The van der Waals surface area contributed by atoms with Crippen molar-refractivity contribution in [2.45, 2.75) is 50.5 Å². The highest BCUT2D eigenvalue weighted by Gasteiger charge is 2.36. The molecule has 2 aliphatic rings. The van der Waals surface area contributed by atoms with Crippen LogP contribution in [-0.4, -0.2) is 42.7 Å². The lowest BCUT2D eigenvalue weighted by Gasteiger charge is -2.34. The van der Waals surface area contributed by atoms with Crippen molar-refractivity contribution < 1.29 is 18.0 Å². The molecule has 0 spiro atoms. The van der Waals surface area contributed by atoms with Crippen LogP contribution in [0.4, 0.5) is 0 Å². The molecule has 0 bridgehead atoms. The van der Waals surface area contributed by atoms with Gasteiger partial charge in [0.25, 0.3) is 11.8 Å². The van der Waals surface area contributed by atoms with Crippen molar-refractivity contribution in [1.82, 2.24) is 14.6 Å². The second-order valence-corrected chi connectivity index (χ2v) is 10.3. The van der Waals surface area contributed by atoms with Gasteiger partial charge >= 0.3 is 0 Å². The van der Waals surface area contributed by atoms with Crippen molar-refractivity contribution in [3.8, 4) is 0 Å². The first kappa shape index (κ1) is 21.6. The molecule has 2 amide bonds. The number of aromatic nitrogens is 1. The Morgan fingerprint density at radius 3 is 2.52 bits per heavy atom. The maximum Gasteiger partial charge on any atom is 0.280 e. The lowest BCUT2D eigenvalue weighted by molar-refractivity contribution is 0.0654. The minimum Gasteiger partial charge on any atom is -0.273 e. The number of carbonyl (C=O) groups excluding carboxylic acids is 2. The highest BCUT2D eigenvalue weighted by molar-refractivity contribution is 7.89. The molecule has 8 heteroatoms. The Kier molecular flexibility index (Phi) is 5.94. The van der Waals surface area contributed by atoms with Gasteiger partial charge < -0.3 is 0 Å². The summed E-state index contributed by atoms with van der Waals surface area (Å²) in [4.78, 5) is 30.3. The number of carbonyl (C=O) groups is 2. The van der Waals surface area contributed by atoms with Gasteiger partial charge in [-0.15, -0.1) is 0 Å². The number of fused-ring (bicyclic) bond motifs is 1. The van der Waals surface area contributed by atoms with Crippen molar-refractivity contribution in [2.75, 3.05) is 6.54 Å². The molecular weight excluding hydrogens is 414 g/mol. The summed E-state index contributed by atoms with van der Waals surface area (Å²) in [7, 11) is -3.59. The largest absolute Gasteiger partial charge is 0.280 e. The molecule has 7 nitrogen and oxygen atoms in total. The van der Waals surface area contributed by atoms with Crippen molar-refractivity contribution in [3.05, 3.63) is 59.4 Å². The SMILES string of the molecule is CC1CCCC(NS(=O)(=O)c2ccc(CCN3C(=O)c4cccnc4C3=O)cc2)C1C. The highest BCUT2D eigenvalue weighted by atomic mass is 32.2. The molecule has 1 aromatic heterocycles. The smallest absolute Gasteiger partial charge is 0.273 e. The van der Waals surface area contributed by atoms with Crippen LogP contribution in [0, 0.1) is 11.8 Å². The van der Waals surface area contributed by atoms with E-state index in [9.17, 15) is 18.0 Å². The first-order valence-corrected chi connectivity index (χ1v) is 12.2. The number of hydrogen-bond acceptors (Lipinski definition) is 5. The predicted molar refractivity (Wildman–Crippen MR) is 116 cm³/mol. The number of nitrogens with zero attached hydrogens (tertiary/aromatic N) is 2. The van der Waals surface area contributed by atoms with E-state index in [2.05, 4.69) is 23.6 Å². The number of nitrogens with one attached hydrogen (secondary N) is 1. The predicted octanol–water partition coefficient (Wildman–Crippen LogP) is 3.02. The molecule has 3 atom stereocenters. The molecule has 1 aromatic carbocycles. The van der Waals surface area contributed by atoms with Crippen LogP contribution in [0.1, 0.15) is 59.5 Å². The van der Waals surface area contributed by atoms with Gasteiger partial charge in [0.15, 0.2) is 0 Å². The molecule has 1 aliphatic carbocycles. The number of pyridine rings is 1. The monoisotopic (exact) mass is 441 g/mol. The first-order valence-electron chi connectivity index (χ1n) is 10.7. The maximum absolute atomic E-state index is 12.8. The van der Waals surface area contributed by atoms with Crippen LogP contribution in [0.15, 0.2) is 47.5 Å². The van der Waals surface area contributed by atoms with Crippen LogP contribution in [0.2, 0.25) is 0 Å². The fourth-order valence-electron chi connectivity index (χ4n) is 4.41. The van der Waals surface area contributed by atoms with Crippen LogP contribution in [0.5, 0.6) is 0 Å². The standard InChI is InChI=1S/C23H27N3O4S/c1-15-5-3-7-20(16(15)2)25-31(29,30)18-10-8-17(9-11-18)12-14-26-22(27)19-6-4-13-24-21(19)23(26)28/h4,6,8-11,13,15-16,20,25H,3,5,7,12,14H2,1-2H3. The lowest BCUT2D eigenvalue weighted by Crippen LogP contribution is -2.43. The maximum atomic E-state index is 12.8. The van der Waals surface area contributed by atoms with Crippen LogP contribution in [0.3, 0.4) is 0 Å². The van der Waals surface area contributed by atoms with Crippen LogP contribution >= 0.6 is 0 Å². The van der Waals surface area contributed by atoms with E-state index < -0.39 is 10.0 Å². The Morgan fingerprint density at radius 2 is 1.81 bits per heavy atom. The molecule has 31 heavy (non-hydrogen) atoms. The number of benzene rings is 1. The Bertz CT molecular complexity index is 1060. The summed E-state index contributed by atoms with van der Waals surface area (Å²) >= 11 is 0. The molecule has 164 valence electrons. The first-order chi connectivity index (χ1) is 14.8. The average Bonchev–Trinajstić information content (AvgIpc) is 3.00. The van der Waals surface area contributed by atoms with E-state index in [0.29, 0.717) is 23.8 Å². The van der Waals surface area contributed by atoms with Gasteiger partial charge in [0.1, 0.15) is 5.69 Å². The zero-order valence-electron chi connectivity index (χ0n) is 17.7. The van der Waals surface area contributed by atoms with Crippen molar-refractivity contribution in [1.29, 1.82) is 0 Å². The fourth-order valence-corrected chi connectivity index (χ4v) is 5.77. The number of rotatable bonds is 6. The van der Waals surface area contributed by atoms with Gasteiger partial charge in [-0.3, -0.25) is 19.5 Å². The molecular formula is C23H27N3O4S. The lowest BCUT2D eigenvalue weighted by atomic mass is 9.78. The minimum absolute atomic E-state index is 0.0455. The third-order valence-electron chi connectivity index (χ3n) is 6.60. The zero-order valence-corrected chi connectivity index (χ0v) is 18.6. The van der Waals surface area contributed by atoms with E-state index in [0.717, 1.165) is 24.8 Å². The molecule has 2 aromatic rings. The van der Waals surface area contributed by atoms with Gasteiger partial charge in [-0.1, -0.05) is 38.8 Å². The van der Waals surface area contributed by atoms with E-state index in [4.69, 9.17) is 0 Å². The molecule has 2 heterocycles. The second-order valence-electron chi connectivity index (χ2n) is 8.55. The quantitative estimate of drug-likeness (QED) is 0.695. The van der Waals surface area contributed by atoms with E-state index in [1.807, 2.05) is 0 Å². The minimum atomic E-state index is -3.59. The topological polar surface area (TPSA) is 96.4 Å². The van der Waals surface area contributed by atoms with Crippen LogP contribution in [0.25, 0.3) is 0 Å². The van der Waals surface area contributed by atoms with Crippen molar-refractivity contribution in [2.24, 2.45) is 11.8 Å². The second kappa shape index (κ2) is 8.51. The molecule has 0 radical (unpaired) electrons. The molecule has 0 saturated heterocycles. The van der Waals surface area contributed by atoms with Crippen molar-refractivity contribution >= 4 is 21.8 Å².